The van der Waals surface area contributed by atoms with Crippen molar-refractivity contribution in [1.82, 2.24) is 19.9 Å². The van der Waals surface area contributed by atoms with Gasteiger partial charge in [0.1, 0.15) is 0 Å². The van der Waals surface area contributed by atoms with Crippen molar-refractivity contribution in [2.24, 2.45) is 0 Å². The van der Waals surface area contributed by atoms with Gasteiger partial charge in [0.15, 0.2) is 0 Å². The Kier molecular flexibility index (Phi) is 2.88. The molecular formula is C13H16N4. The van der Waals surface area contributed by atoms with Crippen LogP contribution in [0, 0.1) is 0 Å². The lowest BCUT2D eigenvalue weighted by atomic mass is 10.3. The molecule has 0 saturated heterocycles. The van der Waals surface area contributed by atoms with E-state index in [1.807, 2.05) is 36.9 Å². The van der Waals surface area contributed by atoms with Crippen LogP contribution in [-0.2, 0) is 13.1 Å². The second-order valence-corrected chi connectivity index (χ2v) is 4.49. The summed E-state index contributed by atoms with van der Waals surface area (Å²) in [5.41, 5.74) is 2.29. The summed E-state index contributed by atoms with van der Waals surface area (Å²) in [7, 11) is 0. The first-order valence-corrected chi connectivity index (χ1v) is 6.04. The molecule has 1 saturated carbocycles. The maximum absolute atomic E-state index is 4.33. The van der Waals surface area contributed by atoms with E-state index in [9.17, 15) is 0 Å². The molecule has 0 amide bonds. The molecule has 88 valence electrons. The molecule has 0 aliphatic heterocycles. The van der Waals surface area contributed by atoms with Crippen molar-refractivity contribution in [1.29, 1.82) is 0 Å². The summed E-state index contributed by atoms with van der Waals surface area (Å²) >= 11 is 0. The normalized spacial score (nSPS) is 15.1. The minimum atomic E-state index is 0.730. The number of nitrogens with one attached hydrogen (secondary N) is 1. The average Bonchev–Trinajstić information content (AvgIpc) is 3.09. The van der Waals surface area contributed by atoms with Gasteiger partial charge in [0, 0.05) is 25.0 Å². The zero-order chi connectivity index (χ0) is 11.5. The first kappa shape index (κ1) is 10.5. The molecule has 4 heteroatoms. The minimum absolute atomic E-state index is 0.730. The van der Waals surface area contributed by atoms with Gasteiger partial charge in [-0.15, -0.1) is 0 Å². The largest absolute Gasteiger partial charge is 0.327 e. The Hall–Kier alpha value is -1.68. The van der Waals surface area contributed by atoms with Gasteiger partial charge in [0.05, 0.1) is 24.3 Å². The maximum atomic E-state index is 4.33. The summed E-state index contributed by atoms with van der Waals surface area (Å²) < 4.78 is 2.15. The number of hydrogen-bond acceptors (Lipinski definition) is 3. The van der Waals surface area contributed by atoms with E-state index in [0.717, 1.165) is 24.8 Å². The van der Waals surface area contributed by atoms with E-state index in [0.29, 0.717) is 0 Å². The molecule has 17 heavy (non-hydrogen) atoms. The predicted octanol–water partition coefficient (Wildman–Crippen LogP) is 1.58. The lowest BCUT2D eigenvalue weighted by Gasteiger charge is -2.08. The molecule has 0 aromatic carbocycles. The Morgan fingerprint density at radius 1 is 1.35 bits per heavy atom. The van der Waals surface area contributed by atoms with E-state index < -0.39 is 0 Å². The topological polar surface area (TPSA) is 42.7 Å². The van der Waals surface area contributed by atoms with Gasteiger partial charge in [-0.3, -0.25) is 4.98 Å². The highest BCUT2D eigenvalue weighted by atomic mass is 15.1. The van der Waals surface area contributed by atoms with Crippen LogP contribution in [0.5, 0.6) is 0 Å². The smallest absolute Gasteiger partial charge is 0.0952 e. The van der Waals surface area contributed by atoms with Crippen LogP contribution in [-0.4, -0.2) is 20.6 Å². The van der Waals surface area contributed by atoms with E-state index in [-0.39, 0.29) is 0 Å². The summed E-state index contributed by atoms with van der Waals surface area (Å²) in [6.45, 7) is 1.69. The first-order valence-electron chi connectivity index (χ1n) is 6.04. The molecule has 0 atom stereocenters. The van der Waals surface area contributed by atoms with Crippen LogP contribution in [0.15, 0.2) is 36.9 Å². The van der Waals surface area contributed by atoms with Crippen LogP contribution in [0.25, 0.3) is 0 Å². The highest BCUT2D eigenvalue weighted by Gasteiger charge is 2.20. The second kappa shape index (κ2) is 4.67. The number of rotatable bonds is 5. The predicted molar refractivity (Wildman–Crippen MR) is 65.4 cm³/mol. The molecule has 0 radical (unpaired) electrons. The van der Waals surface area contributed by atoms with Crippen molar-refractivity contribution >= 4 is 0 Å². The third-order valence-electron chi connectivity index (χ3n) is 3.01. The average molecular weight is 228 g/mol. The highest BCUT2D eigenvalue weighted by molar-refractivity contribution is 5.07. The van der Waals surface area contributed by atoms with Gasteiger partial charge in [-0.1, -0.05) is 6.07 Å². The van der Waals surface area contributed by atoms with Crippen LogP contribution < -0.4 is 5.32 Å². The van der Waals surface area contributed by atoms with Crippen LogP contribution in [0.2, 0.25) is 0 Å². The van der Waals surface area contributed by atoms with Gasteiger partial charge in [-0.25, -0.2) is 4.98 Å². The quantitative estimate of drug-likeness (QED) is 0.845. The third kappa shape index (κ3) is 2.71. The van der Waals surface area contributed by atoms with Gasteiger partial charge < -0.3 is 9.88 Å². The summed E-state index contributed by atoms with van der Waals surface area (Å²) in [5.74, 6) is 0. The Morgan fingerprint density at radius 3 is 3.06 bits per heavy atom. The molecule has 3 rings (SSSR count). The lowest BCUT2D eigenvalue weighted by molar-refractivity contribution is 0.630. The van der Waals surface area contributed by atoms with E-state index >= 15 is 0 Å². The summed E-state index contributed by atoms with van der Waals surface area (Å²) in [6, 6.07) is 6.72. The van der Waals surface area contributed by atoms with Crippen LogP contribution in [0.1, 0.15) is 24.2 Å². The fraction of sp³-hybridized carbons (Fsp3) is 0.385. The van der Waals surface area contributed by atoms with Gasteiger partial charge in [0.25, 0.3) is 0 Å². The number of pyridine rings is 1. The fourth-order valence-electron chi connectivity index (χ4n) is 1.84. The number of imidazole rings is 1. The standard InChI is InChI=1S/C13H16N4/c1-2-6-15-12(3-1)9-17-10-14-7-13(17)8-16-11-4-5-11/h1-3,6-7,10-11,16H,4-5,8-9H2. The van der Waals surface area contributed by atoms with Crippen molar-refractivity contribution in [2.45, 2.75) is 32.0 Å². The molecule has 0 bridgehead atoms. The van der Waals surface area contributed by atoms with E-state index in [1.54, 1.807) is 0 Å². The Balaban J connectivity index is 1.67. The molecule has 4 nitrogen and oxygen atoms in total. The molecule has 2 aromatic heterocycles. The molecule has 1 aliphatic rings. The van der Waals surface area contributed by atoms with E-state index in [1.165, 1.54) is 18.5 Å². The first-order chi connectivity index (χ1) is 8.42. The number of nitrogens with zero attached hydrogens (tertiary/aromatic N) is 3. The Labute approximate surface area is 101 Å². The van der Waals surface area contributed by atoms with Crippen molar-refractivity contribution in [2.75, 3.05) is 0 Å². The maximum Gasteiger partial charge on any atom is 0.0952 e. The van der Waals surface area contributed by atoms with Crippen molar-refractivity contribution in [3.63, 3.8) is 0 Å². The molecule has 1 fully saturated rings. The van der Waals surface area contributed by atoms with Gasteiger partial charge in [-0.05, 0) is 25.0 Å². The fourth-order valence-corrected chi connectivity index (χ4v) is 1.84. The van der Waals surface area contributed by atoms with Crippen molar-refractivity contribution in [3.05, 3.63) is 48.3 Å². The molecule has 2 aromatic rings. The van der Waals surface area contributed by atoms with Crippen LogP contribution in [0.3, 0.4) is 0 Å². The van der Waals surface area contributed by atoms with Gasteiger partial charge >= 0.3 is 0 Å². The molecule has 1 aliphatic carbocycles. The number of hydrogen-bond donors (Lipinski definition) is 1. The van der Waals surface area contributed by atoms with Crippen LogP contribution >= 0.6 is 0 Å². The van der Waals surface area contributed by atoms with E-state index in [4.69, 9.17) is 0 Å². The van der Waals surface area contributed by atoms with Crippen molar-refractivity contribution in [3.8, 4) is 0 Å². The molecule has 1 N–H and O–H groups in total. The molecule has 2 heterocycles. The van der Waals surface area contributed by atoms with E-state index in [2.05, 4.69) is 19.9 Å². The molecular weight excluding hydrogens is 212 g/mol. The van der Waals surface area contributed by atoms with Crippen LogP contribution in [0.4, 0.5) is 0 Å². The molecule has 0 unspecified atom stereocenters. The SMILES string of the molecule is c1ccc(Cn2cncc2CNC2CC2)nc1. The van der Waals surface area contributed by atoms with Crippen molar-refractivity contribution < 1.29 is 0 Å². The Bertz CT molecular complexity index is 473. The molecule has 0 spiro atoms. The summed E-state index contributed by atoms with van der Waals surface area (Å²) in [6.07, 6.45) is 8.26. The highest BCUT2D eigenvalue weighted by Crippen LogP contribution is 2.19. The summed E-state index contributed by atoms with van der Waals surface area (Å²) in [4.78, 5) is 8.55. The monoisotopic (exact) mass is 228 g/mol. The van der Waals surface area contributed by atoms with Gasteiger partial charge in [0.2, 0.25) is 0 Å². The number of aromatic nitrogens is 3. The third-order valence-corrected chi connectivity index (χ3v) is 3.01. The lowest BCUT2D eigenvalue weighted by Crippen LogP contribution is -2.18. The second-order valence-electron chi connectivity index (χ2n) is 4.49. The van der Waals surface area contributed by atoms with Gasteiger partial charge in [-0.2, -0.15) is 0 Å². The Morgan fingerprint density at radius 2 is 2.29 bits per heavy atom. The minimum Gasteiger partial charge on any atom is -0.327 e. The summed E-state index contributed by atoms with van der Waals surface area (Å²) in [5, 5.41) is 3.50. The zero-order valence-corrected chi connectivity index (χ0v) is 9.71. The zero-order valence-electron chi connectivity index (χ0n) is 9.71.